The average Bonchev–Trinajstić information content (AvgIpc) is 3.49. The lowest BCUT2D eigenvalue weighted by molar-refractivity contribution is -0.118. The predicted molar refractivity (Wildman–Crippen MR) is 109 cm³/mol. The average molecular weight is 444 g/mol. The highest BCUT2D eigenvalue weighted by molar-refractivity contribution is 7.89. The van der Waals surface area contributed by atoms with E-state index in [4.69, 9.17) is 7.48 Å². The minimum absolute atomic E-state index is 0.0296. The van der Waals surface area contributed by atoms with Crippen molar-refractivity contribution >= 4 is 22.0 Å². The van der Waals surface area contributed by atoms with Crippen LogP contribution in [0.5, 0.6) is 5.75 Å². The van der Waals surface area contributed by atoms with E-state index in [-0.39, 0.29) is 29.9 Å². The number of nitrogens with one attached hydrogen (secondary N) is 2. The summed E-state index contributed by atoms with van der Waals surface area (Å²) in [5.41, 5.74) is 0.460. The Morgan fingerprint density at radius 1 is 1.33 bits per heavy atom. The quantitative estimate of drug-likeness (QED) is 0.381. The summed E-state index contributed by atoms with van der Waals surface area (Å²) in [7, 11) is -3.62. The molecular formula is C20H28FN3O5S. The maximum Gasteiger partial charge on any atom is 0.324 e. The molecule has 0 aromatic heterocycles. The van der Waals surface area contributed by atoms with Gasteiger partial charge in [0.1, 0.15) is 6.54 Å². The predicted octanol–water partition coefficient (Wildman–Crippen LogP) is 2.32. The Labute approximate surface area is 179 Å². The number of halogens is 1. The van der Waals surface area contributed by atoms with E-state index in [0.717, 1.165) is 6.07 Å². The van der Waals surface area contributed by atoms with Crippen molar-refractivity contribution in [2.24, 2.45) is 5.92 Å². The maximum absolute atomic E-state index is 14.1. The zero-order valence-corrected chi connectivity index (χ0v) is 17.6. The first-order valence-electron chi connectivity index (χ1n) is 11.0. The lowest BCUT2D eigenvalue weighted by Gasteiger charge is -2.16. The molecule has 1 atom stereocenters. The molecule has 3 rings (SSSR count). The molecule has 3 amide bonds. The van der Waals surface area contributed by atoms with Crippen LogP contribution in [-0.2, 0) is 14.8 Å². The van der Waals surface area contributed by atoms with Crippen molar-refractivity contribution in [3.63, 3.8) is 0 Å². The number of unbranched alkanes of at least 4 members (excludes halogenated alkanes) is 2. The van der Waals surface area contributed by atoms with Crippen LogP contribution in [0.3, 0.4) is 0 Å². The van der Waals surface area contributed by atoms with Crippen LogP contribution in [0.15, 0.2) is 18.2 Å². The zero-order chi connectivity index (χ0) is 23.5. The van der Waals surface area contributed by atoms with Gasteiger partial charge >= 0.3 is 6.03 Å². The van der Waals surface area contributed by atoms with Crippen molar-refractivity contribution in [1.29, 1.82) is 0 Å². The SMILES string of the molecule is [2H]C([2H])(Oc1cc([C@@H](C)NS(=O)(=O)CCCCCN2CC(=O)NC2=O)ccc1F)C1CC1. The summed E-state index contributed by atoms with van der Waals surface area (Å²) in [6, 6.07) is 2.81. The van der Waals surface area contributed by atoms with Gasteiger partial charge in [0.15, 0.2) is 11.6 Å². The number of sulfonamides is 1. The number of carbonyl (C=O) groups is 2. The van der Waals surface area contributed by atoms with E-state index in [0.29, 0.717) is 44.2 Å². The number of imide groups is 1. The van der Waals surface area contributed by atoms with Gasteiger partial charge in [-0.2, -0.15) is 0 Å². The number of hydrogen-bond acceptors (Lipinski definition) is 5. The fourth-order valence-corrected chi connectivity index (χ4v) is 4.42. The lowest BCUT2D eigenvalue weighted by Crippen LogP contribution is -2.30. The van der Waals surface area contributed by atoms with Gasteiger partial charge in [-0.15, -0.1) is 0 Å². The molecule has 1 aromatic rings. The van der Waals surface area contributed by atoms with Gasteiger partial charge in [-0.3, -0.25) is 10.1 Å². The minimum Gasteiger partial charge on any atom is -0.490 e. The molecule has 2 aliphatic rings. The fraction of sp³-hybridized carbons (Fsp3) is 0.600. The highest BCUT2D eigenvalue weighted by atomic mass is 32.2. The first-order chi connectivity index (χ1) is 15.0. The molecule has 0 bridgehead atoms. The molecule has 1 saturated carbocycles. The molecule has 8 nitrogen and oxygen atoms in total. The first-order valence-corrected chi connectivity index (χ1v) is 11.7. The number of benzene rings is 1. The van der Waals surface area contributed by atoms with Crippen LogP contribution >= 0.6 is 0 Å². The second-order valence-corrected chi connectivity index (χ2v) is 9.55. The second kappa shape index (κ2) is 9.74. The topological polar surface area (TPSA) is 105 Å². The first kappa shape index (κ1) is 19.7. The lowest BCUT2D eigenvalue weighted by atomic mass is 10.1. The van der Waals surface area contributed by atoms with Crippen LogP contribution in [0, 0.1) is 11.7 Å². The Morgan fingerprint density at radius 3 is 2.77 bits per heavy atom. The van der Waals surface area contributed by atoms with Crippen LogP contribution < -0.4 is 14.8 Å². The fourth-order valence-electron chi connectivity index (χ4n) is 3.05. The molecular weight excluding hydrogens is 413 g/mol. The van der Waals surface area contributed by atoms with Gasteiger partial charge in [-0.25, -0.2) is 22.3 Å². The van der Waals surface area contributed by atoms with Gasteiger partial charge in [-0.05, 0) is 56.2 Å². The Balaban J connectivity index is 1.47. The van der Waals surface area contributed by atoms with E-state index in [1.54, 1.807) is 6.92 Å². The Hall–Kier alpha value is -2.20. The van der Waals surface area contributed by atoms with Crippen molar-refractivity contribution in [2.45, 2.75) is 45.1 Å². The van der Waals surface area contributed by atoms with Crippen molar-refractivity contribution in [3.8, 4) is 5.75 Å². The standard InChI is InChI=1S/C20H28FN3O5S/c1-14(16-7-8-17(21)18(11-16)29-13-15-5-6-15)23-30(27,28)10-4-2-3-9-24-12-19(25)22-20(24)26/h7-8,11,14-15,23H,2-6,9-10,12-13H2,1H3,(H,22,25,26)/t14-/m1/s1/i13D2. The molecule has 0 radical (unpaired) electrons. The number of nitrogens with zero attached hydrogens (tertiary/aromatic N) is 1. The van der Waals surface area contributed by atoms with Crippen LogP contribution in [0.4, 0.5) is 9.18 Å². The van der Waals surface area contributed by atoms with Crippen LogP contribution in [0.25, 0.3) is 0 Å². The molecule has 10 heteroatoms. The summed E-state index contributed by atoms with van der Waals surface area (Å²) in [6.07, 6.45) is 2.90. The third kappa shape index (κ3) is 6.66. The summed E-state index contributed by atoms with van der Waals surface area (Å²) in [4.78, 5) is 24.0. The molecule has 2 N–H and O–H groups in total. The van der Waals surface area contributed by atoms with E-state index < -0.39 is 34.5 Å². The van der Waals surface area contributed by atoms with Gasteiger partial charge in [-0.1, -0.05) is 12.5 Å². The second-order valence-electron chi connectivity index (χ2n) is 7.68. The number of rotatable bonds is 12. The van der Waals surface area contributed by atoms with Gasteiger partial charge in [0.25, 0.3) is 0 Å². The molecule has 0 unspecified atom stereocenters. The maximum atomic E-state index is 14.1. The van der Waals surface area contributed by atoms with Gasteiger partial charge in [0, 0.05) is 12.6 Å². The summed E-state index contributed by atoms with van der Waals surface area (Å²) in [6.45, 7) is 0.0638. The smallest absolute Gasteiger partial charge is 0.324 e. The van der Waals surface area contributed by atoms with E-state index in [1.165, 1.54) is 17.0 Å². The molecule has 2 fully saturated rings. The third-order valence-corrected chi connectivity index (χ3v) is 6.47. The zero-order valence-electron chi connectivity index (χ0n) is 18.8. The van der Waals surface area contributed by atoms with Crippen LogP contribution in [0.2, 0.25) is 0 Å². The highest BCUT2D eigenvalue weighted by Crippen LogP contribution is 2.31. The molecule has 0 spiro atoms. The van der Waals surface area contributed by atoms with E-state index in [9.17, 15) is 22.4 Å². The van der Waals surface area contributed by atoms with Crippen LogP contribution in [-0.4, -0.2) is 50.7 Å². The Kier molecular flexibility index (Phi) is 6.41. The number of ether oxygens (including phenoxy) is 1. The third-order valence-electron chi connectivity index (χ3n) is 4.93. The monoisotopic (exact) mass is 443 g/mol. The van der Waals surface area contributed by atoms with E-state index >= 15 is 0 Å². The normalized spacial score (nSPS) is 19.3. The van der Waals surface area contributed by atoms with Crippen molar-refractivity contribution in [3.05, 3.63) is 29.6 Å². The minimum atomic E-state index is -3.62. The number of hydrogen-bond donors (Lipinski definition) is 2. The van der Waals surface area contributed by atoms with Gasteiger partial charge in [0.2, 0.25) is 15.9 Å². The molecule has 30 heavy (non-hydrogen) atoms. The molecule has 1 saturated heterocycles. The Morgan fingerprint density at radius 2 is 2.10 bits per heavy atom. The van der Waals surface area contributed by atoms with E-state index in [2.05, 4.69) is 10.0 Å². The summed E-state index contributed by atoms with van der Waals surface area (Å²) < 4.78 is 62.5. The van der Waals surface area contributed by atoms with Crippen molar-refractivity contribution < 1.29 is 29.9 Å². The molecule has 1 aliphatic carbocycles. The molecule has 166 valence electrons. The number of urea groups is 1. The Bertz CT molecular complexity index is 972. The number of carbonyl (C=O) groups excluding carboxylic acids is 2. The van der Waals surface area contributed by atoms with E-state index in [1.807, 2.05) is 0 Å². The molecule has 1 aliphatic heterocycles. The molecule has 1 aromatic carbocycles. The molecule has 1 heterocycles. The van der Waals surface area contributed by atoms with Gasteiger partial charge in [0.05, 0.1) is 15.1 Å². The van der Waals surface area contributed by atoms with Crippen molar-refractivity contribution in [1.82, 2.24) is 14.9 Å². The summed E-state index contributed by atoms with van der Waals surface area (Å²) in [5.74, 6) is -1.66. The highest BCUT2D eigenvalue weighted by Gasteiger charge is 2.26. The van der Waals surface area contributed by atoms with Crippen LogP contribution in [0.1, 0.15) is 53.4 Å². The largest absolute Gasteiger partial charge is 0.490 e. The summed E-state index contributed by atoms with van der Waals surface area (Å²) >= 11 is 0. The number of amides is 3. The van der Waals surface area contributed by atoms with Gasteiger partial charge < -0.3 is 9.64 Å². The van der Waals surface area contributed by atoms with Crippen molar-refractivity contribution in [2.75, 3.05) is 25.4 Å². The summed E-state index contributed by atoms with van der Waals surface area (Å²) in [5, 5.41) is 2.19.